The Balaban J connectivity index is 2.07. The van der Waals surface area contributed by atoms with Gasteiger partial charge in [-0.1, -0.05) is 6.07 Å². The normalized spacial score (nSPS) is 12.1. The predicted octanol–water partition coefficient (Wildman–Crippen LogP) is 1.64. The van der Waals surface area contributed by atoms with Gasteiger partial charge < -0.3 is 5.32 Å². The molecule has 2 heterocycles. The topological polar surface area (TPSA) is 72.7 Å². The monoisotopic (exact) mass is 295 g/mol. The van der Waals surface area contributed by atoms with Gasteiger partial charge in [0, 0.05) is 0 Å². The molecule has 0 saturated heterocycles. The van der Waals surface area contributed by atoms with Gasteiger partial charge in [-0.2, -0.15) is 5.10 Å². The lowest BCUT2D eigenvalue weighted by Crippen LogP contribution is -2.24. The molecule has 1 atom stereocenters. The van der Waals surface area contributed by atoms with Crippen molar-refractivity contribution in [3.63, 3.8) is 0 Å². The Bertz CT molecular complexity index is 513. The van der Waals surface area contributed by atoms with E-state index in [1.807, 2.05) is 0 Å². The van der Waals surface area contributed by atoms with Crippen LogP contribution in [0, 0.1) is 0 Å². The number of rotatable bonds is 3. The van der Waals surface area contributed by atoms with Crippen LogP contribution in [0.25, 0.3) is 0 Å². The van der Waals surface area contributed by atoms with E-state index in [4.69, 9.17) is 0 Å². The number of nitrogens with zero attached hydrogens (tertiary/aromatic N) is 4. The number of pyridine rings is 1. The van der Waals surface area contributed by atoms with Crippen LogP contribution in [0.3, 0.4) is 0 Å². The molecular weight excluding hydrogens is 286 g/mol. The Labute approximate surface area is 106 Å². The molecule has 0 radical (unpaired) electrons. The highest BCUT2D eigenvalue weighted by molar-refractivity contribution is 9.10. The third-order valence-corrected chi connectivity index (χ3v) is 2.62. The van der Waals surface area contributed by atoms with Crippen molar-refractivity contribution in [2.45, 2.75) is 13.0 Å². The van der Waals surface area contributed by atoms with Crippen LogP contribution in [0.1, 0.15) is 13.0 Å². The number of hydrogen-bond donors (Lipinski definition) is 1. The molecule has 0 aliphatic carbocycles. The van der Waals surface area contributed by atoms with Gasteiger partial charge >= 0.3 is 0 Å². The van der Waals surface area contributed by atoms with Crippen LogP contribution >= 0.6 is 15.9 Å². The van der Waals surface area contributed by atoms with E-state index in [9.17, 15) is 4.79 Å². The zero-order valence-electron chi connectivity index (χ0n) is 9.04. The lowest BCUT2D eigenvalue weighted by molar-refractivity contribution is -0.119. The fourth-order valence-electron chi connectivity index (χ4n) is 1.25. The molecule has 2 rings (SSSR count). The maximum atomic E-state index is 11.9. The average molecular weight is 296 g/mol. The van der Waals surface area contributed by atoms with E-state index >= 15 is 0 Å². The summed E-state index contributed by atoms with van der Waals surface area (Å²) >= 11 is 3.24. The van der Waals surface area contributed by atoms with Crippen molar-refractivity contribution in [1.82, 2.24) is 19.7 Å². The number of halogens is 1. The van der Waals surface area contributed by atoms with Crippen LogP contribution in [0.4, 0.5) is 5.82 Å². The summed E-state index contributed by atoms with van der Waals surface area (Å²) in [5, 5.41) is 6.61. The zero-order valence-corrected chi connectivity index (χ0v) is 10.6. The molecular formula is C10H10BrN5O. The third-order valence-electron chi connectivity index (χ3n) is 2.18. The molecule has 0 fully saturated rings. The minimum Gasteiger partial charge on any atom is -0.309 e. The van der Waals surface area contributed by atoms with Crippen LogP contribution in [0.15, 0.2) is 35.5 Å². The quantitative estimate of drug-likeness (QED) is 0.874. The van der Waals surface area contributed by atoms with Crippen LogP contribution in [-0.4, -0.2) is 25.7 Å². The van der Waals surface area contributed by atoms with Gasteiger partial charge in [0.25, 0.3) is 0 Å². The minimum absolute atomic E-state index is 0.193. The molecule has 6 nitrogen and oxygen atoms in total. The van der Waals surface area contributed by atoms with Gasteiger partial charge in [0.05, 0.1) is 0 Å². The lowest BCUT2D eigenvalue weighted by Gasteiger charge is -2.11. The minimum atomic E-state index is -0.432. The maximum absolute atomic E-state index is 11.9. The number of hydrogen-bond acceptors (Lipinski definition) is 4. The van der Waals surface area contributed by atoms with Crippen LogP contribution < -0.4 is 5.32 Å². The summed E-state index contributed by atoms with van der Waals surface area (Å²) in [7, 11) is 0. The van der Waals surface area contributed by atoms with E-state index in [1.54, 1.807) is 25.1 Å². The second kappa shape index (κ2) is 5.05. The van der Waals surface area contributed by atoms with Crippen LogP contribution in [0.5, 0.6) is 0 Å². The van der Waals surface area contributed by atoms with E-state index in [0.717, 1.165) is 0 Å². The molecule has 1 unspecified atom stereocenters. The van der Waals surface area contributed by atoms with E-state index in [1.165, 1.54) is 17.3 Å². The first-order valence-corrected chi connectivity index (χ1v) is 5.73. The molecule has 1 amide bonds. The lowest BCUT2D eigenvalue weighted by atomic mass is 10.3. The second-order valence-electron chi connectivity index (χ2n) is 3.39. The van der Waals surface area contributed by atoms with Gasteiger partial charge in [-0.3, -0.25) is 4.79 Å². The Hall–Kier alpha value is -1.76. The Kier molecular flexibility index (Phi) is 3.48. The average Bonchev–Trinajstić information content (AvgIpc) is 2.81. The van der Waals surface area contributed by atoms with Crippen molar-refractivity contribution >= 4 is 27.7 Å². The van der Waals surface area contributed by atoms with Crippen molar-refractivity contribution in [3.8, 4) is 0 Å². The molecule has 1 N–H and O–H groups in total. The summed E-state index contributed by atoms with van der Waals surface area (Å²) in [5.41, 5.74) is 0. The third kappa shape index (κ3) is 2.88. The van der Waals surface area contributed by atoms with Crippen molar-refractivity contribution in [3.05, 3.63) is 35.5 Å². The Morgan fingerprint density at radius 3 is 3.00 bits per heavy atom. The van der Waals surface area contributed by atoms with Gasteiger partial charge in [-0.25, -0.2) is 14.6 Å². The van der Waals surface area contributed by atoms with Crippen LogP contribution in [0.2, 0.25) is 0 Å². The summed E-state index contributed by atoms with van der Waals surface area (Å²) < 4.78 is 2.15. The highest BCUT2D eigenvalue weighted by Crippen LogP contribution is 2.12. The number of nitrogens with one attached hydrogen (secondary N) is 1. The first-order valence-electron chi connectivity index (χ1n) is 4.94. The standard InChI is InChI=1S/C10H10BrN5O/c1-7(16-6-12-5-13-16)10(17)15-9-4-2-3-8(11)14-9/h2-7H,1H3,(H,14,15,17). The second-order valence-corrected chi connectivity index (χ2v) is 4.20. The van der Waals surface area contributed by atoms with E-state index < -0.39 is 6.04 Å². The molecule has 0 saturated carbocycles. The molecule has 0 aliphatic rings. The van der Waals surface area contributed by atoms with Gasteiger partial charge in [0.1, 0.15) is 29.1 Å². The van der Waals surface area contributed by atoms with E-state index in [2.05, 4.69) is 36.3 Å². The largest absolute Gasteiger partial charge is 0.309 e. The first kappa shape index (κ1) is 11.7. The number of anilines is 1. The molecule has 2 aromatic rings. The predicted molar refractivity (Wildman–Crippen MR) is 65.3 cm³/mol. The molecule has 88 valence electrons. The first-order chi connectivity index (χ1) is 8.16. The summed E-state index contributed by atoms with van der Waals surface area (Å²) in [6.45, 7) is 1.74. The van der Waals surface area contributed by atoms with E-state index in [0.29, 0.717) is 10.4 Å². The van der Waals surface area contributed by atoms with Crippen molar-refractivity contribution in [1.29, 1.82) is 0 Å². The summed E-state index contributed by atoms with van der Waals surface area (Å²) in [6.07, 6.45) is 2.89. The summed E-state index contributed by atoms with van der Waals surface area (Å²) in [5.74, 6) is 0.303. The zero-order chi connectivity index (χ0) is 12.3. The van der Waals surface area contributed by atoms with Gasteiger partial charge in [0.15, 0.2) is 0 Å². The number of amides is 1. The van der Waals surface area contributed by atoms with E-state index in [-0.39, 0.29) is 5.91 Å². The highest BCUT2D eigenvalue weighted by atomic mass is 79.9. The summed E-state index contributed by atoms with van der Waals surface area (Å²) in [6, 6.07) is 4.87. The number of carbonyl (C=O) groups excluding carboxylic acids is 1. The van der Waals surface area contributed by atoms with Crippen molar-refractivity contribution in [2.24, 2.45) is 0 Å². The maximum Gasteiger partial charge on any atom is 0.250 e. The molecule has 0 aliphatic heterocycles. The molecule has 2 aromatic heterocycles. The number of carbonyl (C=O) groups is 1. The molecule has 0 spiro atoms. The summed E-state index contributed by atoms with van der Waals surface area (Å²) in [4.78, 5) is 19.8. The Morgan fingerprint density at radius 2 is 2.35 bits per heavy atom. The smallest absolute Gasteiger partial charge is 0.250 e. The van der Waals surface area contributed by atoms with Crippen molar-refractivity contribution in [2.75, 3.05) is 5.32 Å². The van der Waals surface area contributed by atoms with Gasteiger partial charge in [0.2, 0.25) is 5.91 Å². The fraction of sp³-hybridized carbons (Fsp3) is 0.200. The van der Waals surface area contributed by atoms with Gasteiger partial charge in [-0.15, -0.1) is 0 Å². The number of aromatic nitrogens is 4. The van der Waals surface area contributed by atoms with Gasteiger partial charge in [-0.05, 0) is 35.0 Å². The molecule has 0 aromatic carbocycles. The fourth-order valence-corrected chi connectivity index (χ4v) is 1.59. The SMILES string of the molecule is CC(C(=O)Nc1cccc(Br)n1)n1cncn1. The molecule has 17 heavy (non-hydrogen) atoms. The molecule has 0 bridgehead atoms. The Morgan fingerprint density at radius 1 is 1.53 bits per heavy atom. The van der Waals surface area contributed by atoms with Crippen LogP contribution in [-0.2, 0) is 4.79 Å². The van der Waals surface area contributed by atoms with Crippen molar-refractivity contribution < 1.29 is 4.79 Å². The highest BCUT2D eigenvalue weighted by Gasteiger charge is 2.15. The molecule has 7 heteroatoms.